The number of nitrogens with one attached hydrogen (secondary N) is 1. The SMILES string of the molecule is Cc1ncsc1CCS(=O)(=O)NC1CCN(C(=O)C2CCCCC2)C1. The van der Waals surface area contributed by atoms with Crippen molar-refractivity contribution in [1.29, 1.82) is 0 Å². The number of rotatable bonds is 6. The summed E-state index contributed by atoms with van der Waals surface area (Å²) in [5, 5.41) is 0. The number of nitrogens with zero attached hydrogens (tertiary/aromatic N) is 2. The van der Waals surface area contributed by atoms with Crippen LogP contribution in [0.3, 0.4) is 0 Å². The van der Waals surface area contributed by atoms with Crippen LogP contribution in [0.25, 0.3) is 0 Å². The second-order valence-corrected chi connectivity index (χ2v) is 9.97. The third-order valence-corrected chi connectivity index (χ3v) is 7.67. The third-order valence-electron chi connectivity index (χ3n) is 5.24. The zero-order valence-corrected chi connectivity index (χ0v) is 16.4. The molecular weight excluding hydrogens is 358 g/mol. The van der Waals surface area contributed by atoms with Crippen LogP contribution < -0.4 is 4.72 Å². The summed E-state index contributed by atoms with van der Waals surface area (Å²) in [7, 11) is -3.34. The molecule has 25 heavy (non-hydrogen) atoms. The van der Waals surface area contributed by atoms with Crippen LogP contribution in [0.15, 0.2) is 5.51 Å². The quantitative estimate of drug-likeness (QED) is 0.813. The van der Waals surface area contributed by atoms with Crippen LogP contribution in [0.4, 0.5) is 0 Å². The molecule has 1 aromatic heterocycles. The highest BCUT2D eigenvalue weighted by molar-refractivity contribution is 7.89. The average Bonchev–Trinajstić information content (AvgIpc) is 3.22. The molecule has 1 saturated carbocycles. The average molecular weight is 386 g/mol. The van der Waals surface area contributed by atoms with E-state index in [9.17, 15) is 13.2 Å². The Labute approximate surface area is 154 Å². The van der Waals surface area contributed by atoms with E-state index in [4.69, 9.17) is 0 Å². The molecule has 1 amide bonds. The summed E-state index contributed by atoms with van der Waals surface area (Å²) < 4.78 is 27.5. The van der Waals surface area contributed by atoms with Crippen molar-refractivity contribution < 1.29 is 13.2 Å². The van der Waals surface area contributed by atoms with Gasteiger partial charge in [0.2, 0.25) is 15.9 Å². The van der Waals surface area contributed by atoms with Crippen molar-refractivity contribution in [3.63, 3.8) is 0 Å². The predicted octanol–water partition coefficient (Wildman–Crippen LogP) is 2.09. The summed E-state index contributed by atoms with van der Waals surface area (Å²) in [5.41, 5.74) is 2.65. The van der Waals surface area contributed by atoms with Crippen molar-refractivity contribution in [2.24, 2.45) is 5.92 Å². The molecule has 140 valence electrons. The molecule has 1 unspecified atom stereocenters. The van der Waals surface area contributed by atoms with Crippen molar-refractivity contribution >= 4 is 27.3 Å². The minimum Gasteiger partial charge on any atom is -0.341 e. The second kappa shape index (κ2) is 8.14. The molecule has 1 saturated heterocycles. The monoisotopic (exact) mass is 385 g/mol. The van der Waals surface area contributed by atoms with Crippen molar-refractivity contribution in [2.75, 3.05) is 18.8 Å². The Morgan fingerprint density at radius 2 is 2.08 bits per heavy atom. The van der Waals surface area contributed by atoms with Gasteiger partial charge in [-0.3, -0.25) is 4.79 Å². The molecule has 2 heterocycles. The molecule has 1 aromatic rings. The number of hydrogen-bond acceptors (Lipinski definition) is 5. The Hall–Kier alpha value is -0.990. The zero-order valence-electron chi connectivity index (χ0n) is 14.7. The molecule has 0 spiro atoms. The van der Waals surface area contributed by atoms with Crippen molar-refractivity contribution in [3.05, 3.63) is 16.1 Å². The van der Waals surface area contributed by atoms with Gasteiger partial charge in [-0.15, -0.1) is 11.3 Å². The fraction of sp³-hybridized carbons (Fsp3) is 0.765. The number of aromatic nitrogens is 1. The summed E-state index contributed by atoms with van der Waals surface area (Å²) in [4.78, 5) is 19.6. The van der Waals surface area contributed by atoms with E-state index in [1.807, 2.05) is 11.8 Å². The molecule has 6 nitrogen and oxygen atoms in total. The van der Waals surface area contributed by atoms with Crippen molar-refractivity contribution in [3.8, 4) is 0 Å². The molecule has 2 aliphatic rings. The number of carbonyl (C=O) groups is 1. The standard InChI is InChI=1S/C17H27N3O3S2/c1-13-16(24-12-18-13)8-10-25(22,23)19-15-7-9-20(11-15)17(21)14-5-3-2-4-6-14/h12,14-15,19H,2-11H2,1H3. The molecule has 0 aromatic carbocycles. The van der Waals surface area contributed by atoms with Crippen LogP contribution in [0.5, 0.6) is 0 Å². The molecule has 1 N–H and O–H groups in total. The summed E-state index contributed by atoms with van der Waals surface area (Å²) in [6.45, 7) is 3.07. The largest absolute Gasteiger partial charge is 0.341 e. The molecule has 3 rings (SSSR count). The lowest BCUT2D eigenvalue weighted by molar-refractivity contribution is -0.135. The Balaban J connectivity index is 1.48. The normalized spacial score (nSPS) is 22.4. The molecule has 8 heteroatoms. The minimum atomic E-state index is -3.34. The Bertz CT molecular complexity index is 696. The highest BCUT2D eigenvalue weighted by atomic mass is 32.2. The minimum absolute atomic E-state index is 0.0725. The molecule has 0 bridgehead atoms. The van der Waals surface area contributed by atoms with Gasteiger partial charge in [0.05, 0.1) is 17.0 Å². The molecule has 2 fully saturated rings. The number of thiazole rings is 1. The summed E-state index contributed by atoms with van der Waals surface area (Å²) in [6, 6.07) is -0.153. The van der Waals surface area contributed by atoms with E-state index in [0.717, 1.165) is 36.3 Å². The maximum Gasteiger partial charge on any atom is 0.225 e. The zero-order chi connectivity index (χ0) is 17.9. The maximum absolute atomic E-state index is 12.6. The van der Waals surface area contributed by atoms with Gasteiger partial charge in [0, 0.05) is 29.9 Å². The van der Waals surface area contributed by atoms with E-state index < -0.39 is 10.0 Å². The highest BCUT2D eigenvalue weighted by Crippen LogP contribution is 2.27. The van der Waals surface area contributed by atoms with Gasteiger partial charge in [-0.25, -0.2) is 18.1 Å². The van der Waals surface area contributed by atoms with Crippen molar-refractivity contribution in [1.82, 2.24) is 14.6 Å². The van der Waals surface area contributed by atoms with Crippen molar-refractivity contribution in [2.45, 2.75) is 57.9 Å². The number of sulfonamides is 1. The van der Waals surface area contributed by atoms with E-state index in [0.29, 0.717) is 25.9 Å². The number of hydrogen-bond donors (Lipinski definition) is 1. The smallest absolute Gasteiger partial charge is 0.225 e. The van der Waals surface area contributed by atoms with Crippen LogP contribution in [0.1, 0.15) is 49.1 Å². The number of aryl methyl sites for hydroxylation is 2. The molecule has 1 aliphatic carbocycles. The first kappa shape index (κ1) is 18.8. The van der Waals surface area contributed by atoms with Crippen LogP contribution in [0.2, 0.25) is 0 Å². The van der Waals surface area contributed by atoms with E-state index in [1.165, 1.54) is 17.8 Å². The van der Waals surface area contributed by atoms with Gasteiger partial charge in [0.25, 0.3) is 0 Å². The van der Waals surface area contributed by atoms with Gasteiger partial charge in [-0.1, -0.05) is 19.3 Å². The van der Waals surface area contributed by atoms with Crippen LogP contribution in [0, 0.1) is 12.8 Å². The van der Waals surface area contributed by atoms with Crippen LogP contribution in [-0.2, 0) is 21.2 Å². The lowest BCUT2D eigenvalue weighted by Gasteiger charge is -2.26. The predicted molar refractivity (Wildman–Crippen MR) is 99.0 cm³/mol. The van der Waals surface area contributed by atoms with Gasteiger partial charge in [0.1, 0.15) is 0 Å². The molecule has 1 atom stereocenters. The summed E-state index contributed by atoms with van der Waals surface area (Å²) in [6.07, 6.45) is 6.67. The summed E-state index contributed by atoms with van der Waals surface area (Å²) >= 11 is 1.50. The van der Waals surface area contributed by atoms with Crippen LogP contribution in [-0.4, -0.2) is 49.1 Å². The van der Waals surface area contributed by atoms with E-state index >= 15 is 0 Å². The first-order chi connectivity index (χ1) is 11.9. The Kier molecular flexibility index (Phi) is 6.12. The van der Waals surface area contributed by atoms with E-state index in [-0.39, 0.29) is 23.6 Å². The molecule has 0 radical (unpaired) electrons. The lowest BCUT2D eigenvalue weighted by atomic mass is 9.88. The highest BCUT2D eigenvalue weighted by Gasteiger charge is 2.33. The third kappa shape index (κ3) is 5.01. The lowest BCUT2D eigenvalue weighted by Crippen LogP contribution is -2.41. The molecule has 1 aliphatic heterocycles. The van der Waals surface area contributed by atoms with Gasteiger partial charge >= 0.3 is 0 Å². The first-order valence-electron chi connectivity index (χ1n) is 9.12. The van der Waals surface area contributed by atoms with Gasteiger partial charge in [0.15, 0.2) is 0 Å². The van der Waals surface area contributed by atoms with Crippen LogP contribution >= 0.6 is 11.3 Å². The Morgan fingerprint density at radius 3 is 2.76 bits per heavy atom. The van der Waals surface area contributed by atoms with E-state index in [1.54, 1.807) is 5.51 Å². The van der Waals surface area contributed by atoms with Gasteiger partial charge < -0.3 is 4.90 Å². The number of amides is 1. The summed E-state index contributed by atoms with van der Waals surface area (Å²) in [5.74, 6) is 0.448. The Morgan fingerprint density at radius 1 is 1.32 bits per heavy atom. The number of carbonyl (C=O) groups excluding carboxylic acids is 1. The van der Waals surface area contributed by atoms with E-state index in [2.05, 4.69) is 9.71 Å². The fourth-order valence-electron chi connectivity index (χ4n) is 3.77. The molecular formula is C17H27N3O3S2. The van der Waals surface area contributed by atoms with Gasteiger partial charge in [-0.05, 0) is 32.6 Å². The number of likely N-dealkylation sites (tertiary alicyclic amines) is 1. The maximum atomic E-state index is 12.6. The fourth-order valence-corrected chi connectivity index (χ4v) is 5.97. The second-order valence-electron chi connectivity index (χ2n) is 7.15. The van der Waals surface area contributed by atoms with Gasteiger partial charge in [-0.2, -0.15) is 0 Å². The first-order valence-corrected chi connectivity index (χ1v) is 11.7. The topological polar surface area (TPSA) is 79.4 Å².